The zero-order valence-corrected chi connectivity index (χ0v) is 20.9. The Labute approximate surface area is 205 Å². The molecule has 0 unspecified atom stereocenters. The summed E-state index contributed by atoms with van der Waals surface area (Å²) in [7, 11) is 1.64. The first kappa shape index (κ1) is 23.1. The van der Waals surface area contributed by atoms with Crippen molar-refractivity contribution in [3.63, 3.8) is 0 Å². The fourth-order valence-electron chi connectivity index (χ4n) is 3.34. The highest BCUT2D eigenvalue weighted by Gasteiger charge is 2.18. The highest BCUT2D eigenvalue weighted by Crippen LogP contribution is 2.30. The van der Waals surface area contributed by atoms with Gasteiger partial charge in [0.05, 0.1) is 18.6 Å². The summed E-state index contributed by atoms with van der Waals surface area (Å²) in [6.07, 6.45) is 0. The lowest BCUT2D eigenvalue weighted by Gasteiger charge is -2.12. The third-order valence-electron chi connectivity index (χ3n) is 4.97. The Morgan fingerprint density at radius 1 is 1.03 bits per heavy atom. The van der Waals surface area contributed by atoms with Crippen LogP contribution in [0.3, 0.4) is 0 Å². The molecule has 0 fully saturated rings. The quantitative estimate of drug-likeness (QED) is 0.299. The maximum absolute atomic E-state index is 12.6. The fraction of sp³-hybridized carbons (Fsp3) is 0.160. The molecule has 1 aromatic heterocycles. The molecule has 4 aromatic rings. The van der Waals surface area contributed by atoms with Crippen molar-refractivity contribution in [2.45, 2.75) is 19.0 Å². The highest BCUT2D eigenvalue weighted by atomic mass is 79.9. The number of rotatable bonds is 7. The molecule has 8 heteroatoms. The van der Waals surface area contributed by atoms with Crippen LogP contribution in [0.5, 0.6) is 5.75 Å². The minimum atomic E-state index is -0.120. The van der Waals surface area contributed by atoms with Crippen molar-refractivity contribution >= 4 is 39.3 Å². The first-order valence-electron chi connectivity index (χ1n) is 10.3. The third kappa shape index (κ3) is 5.46. The predicted octanol–water partition coefficient (Wildman–Crippen LogP) is 6.05. The van der Waals surface area contributed by atoms with Gasteiger partial charge in [-0.1, -0.05) is 41.6 Å². The summed E-state index contributed by atoms with van der Waals surface area (Å²) in [5.41, 5.74) is 4.84. The zero-order valence-electron chi connectivity index (χ0n) is 18.5. The topological polar surface area (TPSA) is 69.0 Å². The maximum Gasteiger partial charge on any atom is 0.234 e. The number of halogens is 1. The molecule has 0 spiro atoms. The third-order valence-corrected chi connectivity index (χ3v) is 6.56. The Morgan fingerprint density at radius 2 is 1.79 bits per heavy atom. The summed E-state index contributed by atoms with van der Waals surface area (Å²) in [5.74, 6) is 1.56. The number of ether oxygens (including phenoxy) is 1. The number of aromatic nitrogens is 3. The number of methoxy groups -OCH3 is 1. The zero-order chi connectivity index (χ0) is 23.4. The van der Waals surface area contributed by atoms with Gasteiger partial charge in [-0.15, -0.1) is 10.2 Å². The summed E-state index contributed by atoms with van der Waals surface area (Å²) in [5, 5.41) is 12.4. The summed E-state index contributed by atoms with van der Waals surface area (Å²) in [6.45, 7) is 4.05. The van der Waals surface area contributed by atoms with E-state index in [4.69, 9.17) is 4.74 Å². The standard InChI is InChI=1S/C25H23BrN4O2S/c1-16-5-4-6-18(13-16)24-28-29-25(30(24)19-8-10-20(32-3)11-9-19)33-15-23(31)27-22-12-7-17(2)14-21(22)26/h4-14H,15H2,1-3H3,(H,27,31). The molecule has 1 N–H and O–H groups in total. The second kappa shape index (κ2) is 10.2. The van der Waals surface area contributed by atoms with Gasteiger partial charge in [0.25, 0.3) is 0 Å². The molecule has 0 aliphatic carbocycles. The molecule has 33 heavy (non-hydrogen) atoms. The monoisotopic (exact) mass is 522 g/mol. The molecule has 6 nitrogen and oxygen atoms in total. The highest BCUT2D eigenvalue weighted by molar-refractivity contribution is 9.10. The molecule has 0 atom stereocenters. The van der Waals surface area contributed by atoms with Crippen LogP contribution in [0.25, 0.3) is 17.1 Å². The van der Waals surface area contributed by atoms with Gasteiger partial charge in [-0.2, -0.15) is 0 Å². The van der Waals surface area contributed by atoms with Crippen molar-refractivity contribution in [2.24, 2.45) is 0 Å². The van der Waals surface area contributed by atoms with Crippen LogP contribution in [-0.2, 0) is 4.79 Å². The molecule has 0 saturated carbocycles. The van der Waals surface area contributed by atoms with E-state index in [2.05, 4.69) is 37.5 Å². The number of nitrogens with zero attached hydrogens (tertiary/aromatic N) is 3. The van der Waals surface area contributed by atoms with Gasteiger partial charge in [0, 0.05) is 15.7 Å². The Hall–Kier alpha value is -3.10. The molecule has 0 aliphatic heterocycles. The van der Waals surface area contributed by atoms with Crippen molar-refractivity contribution in [3.05, 3.63) is 82.3 Å². The van der Waals surface area contributed by atoms with E-state index in [1.165, 1.54) is 11.8 Å². The van der Waals surface area contributed by atoms with Gasteiger partial charge in [0.15, 0.2) is 11.0 Å². The van der Waals surface area contributed by atoms with Crippen LogP contribution in [0.1, 0.15) is 11.1 Å². The average molecular weight is 523 g/mol. The molecule has 0 aliphatic rings. The molecular formula is C25H23BrN4O2S. The smallest absolute Gasteiger partial charge is 0.234 e. The lowest BCUT2D eigenvalue weighted by Crippen LogP contribution is -2.15. The van der Waals surface area contributed by atoms with Gasteiger partial charge in [-0.25, -0.2) is 0 Å². The Morgan fingerprint density at radius 3 is 2.48 bits per heavy atom. The van der Waals surface area contributed by atoms with E-state index in [9.17, 15) is 4.79 Å². The normalized spacial score (nSPS) is 10.8. The Bertz CT molecular complexity index is 1290. The van der Waals surface area contributed by atoms with Gasteiger partial charge in [0.2, 0.25) is 5.91 Å². The van der Waals surface area contributed by atoms with Crippen molar-refractivity contribution in [2.75, 3.05) is 18.2 Å². The number of anilines is 1. The molecule has 3 aromatic carbocycles. The predicted molar refractivity (Wildman–Crippen MR) is 136 cm³/mol. The first-order valence-corrected chi connectivity index (χ1v) is 12.1. The van der Waals surface area contributed by atoms with Gasteiger partial charge in [0.1, 0.15) is 5.75 Å². The summed E-state index contributed by atoms with van der Waals surface area (Å²) < 4.78 is 8.11. The molecular weight excluding hydrogens is 500 g/mol. The van der Waals surface area contributed by atoms with Gasteiger partial charge >= 0.3 is 0 Å². The Balaban J connectivity index is 1.61. The van der Waals surface area contributed by atoms with Gasteiger partial charge < -0.3 is 10.1 Å². The van der Waals surface area contributed by atoms with Crippen LogP contribution in [0.15, 0.2) is 76.4 Å². The maximum atomic E-state index is 12.6. The van der Waals surface area contributed by atoms with E-state index in [-0.39, 0.29) is 11.7 Å². The SMILES string of the molecule is COc1ccc(-n2c(SCC(=O)Nc3ccc(C)cc3Br)nnc2-c2cccc(C)c2)cc1. The van der Waals surface area contributed by atoms with E-state index in [0.29, 0.717) is 11.0 Å². The summed E-state index contributed by atoms with van der Waals surface area (Å²) in [4.78, 5) is 12.6. The van der Waals surface area contributed by atoms with Crippen LogP contribution in [0.4, 0.5) is 5.69 Å². The number of hydrogen-bond donors (Lipinski definition) is 1. The number of carbonyl (C=O) groups excluding carboxylic acids is 1. The second-order valence-corrected chi connectivity index (χ2v) is 9.33. The summed E-state index contributed by atoms with van der Waals surface area (Å²) in [6, 6.07) is 21.6. The van der Waals surface area contributed by atoms with E-state index in [1.807, 2.05) is 79.1 Å². The number of aryl methyl sites for hydroxylation is 2. The molecule has 1 heterocycles. The molecule has 0 saturated heterocycles. The van der Waals surface area contributed by atoms with E-state index in [0.717, 1.165) is 38.3 Å². The number of amides is 1. The number of benzene rings is 3. The summed E-state index contributed by atoms with van der Waals surface area (Å²) >= 11 is 4.84. The van der Waals surface area contributed by atoms with Gasteiger partial charge in [-0.05, 0) is 77.8 Å². The van der Waals surface area contributed by atoms with Crippen molar-refractivity contribution in [1.29, 1.82) is 0 Å². The van der Waals surface area contributed by atoms with Crippen molar-refractivity contribution < 1.29 is 9.53 Å². The van der Waals surface area contributed by atoms with Crippen LogP contribution >= 0.6 is 27.7 Å². The molecule has 1 amide bonds. The van der Waals surface area contributed by atoms with Crippen LogP contribution in [0, 0.1) is 13.8 Å². The van der Waals surface area contributed by atoms with Crippen molar-refractivity contribution in [1.82, 2.24) is 14.8 Å². The first-order chi connectivity index (χ1) is 15.9. The van der Waals surface area contributed by atoms with Crippen LogP contribution in [0.2, 0.25) is 0 Å². The molecule has 0 bridgehead atoms. The van der Waals surface area contributed by atoms with E-state index >= 15 is 0 Å². The van der Waals surface area contributed by atoms with Gasteiger partial charge in [-0.3, -0.25) is 9.36 Å². The second-order valence-electron chi connectivity index (χ2n) is 7.53. The fourth-order valence-corrected chi connectivity index (χ4v) is 4.68. The molecule has 168 valence electrons. The number of nitrogens with one attached hydrogen (secondary N) is 1. The molecule has 4 rings (SSSR count). The Kier molecular flexibility index (Phi) is 7.15. The number of carbonyl (C=O) groups is 1. The number of thioether (sulfide) groups is 1. The number of hydrogen-bond acceptors (Lipinski definition) is 5. The van der Waals surface area contributed by atoms with Crippen LogP contribution < -0.4 is 10.1 Å². The minimum Gasteiger partial charge on any atom is -0.497 e. The van der Waals surface area contributed by atoms with Crippen LogP contribution in [-0.4, -0.2) is 33.5 Å². The molecule has 0 radical (unpaired) electrons. The minimum absolute atomic E-state index is 0.120. The van der Waals surface area contributed by atoms with E-state index < -0.39 is 0 Å². The lowest BCUT2D eigenvalue weighted by atomic mass is 10.1. The van der Waals surface area contributed by atoms with Crippen molar-refractivity contribution in [3.8, 4) is 22.8 Å². The van der Waals surface area contributed by atoms with E-state index in [1.54, 1.807) is 7.11 Å². The lowest BCUT2D eigenvalue weighted by molar-refractivity contribution is -0.113. The average Bonchev–Trinajstić information content (AvgIpc) is 3.23. The largest absolute Gasteiger partial charge is 0.497 e.